The second-order valence-corrected chi connectivity index (χ2v) is 5.82. The summed E-state index contributed by atoms with van der Waals surface area (Å²) < 4.78 is 11.4. The summed E-state index contributed by atoms with van der Waals surface area (Å²) >= 11 is 0. The van der Waals surface area contributed by atoms with Gasteiger partial charge in [0.1, 0.15) is 5.75 Å². The van der Waals surface area contributed by atoms with E-state index in [0.29, 0.717) is 19.3 Å². The van der Waals surface area contributed by atoms with Crippen molar-refractivity contribution in [1.82, 2.24) is 0 Å². The summed E-state index contributed by atoms with van der Waals surface area (Å²) in [5.41, 5.74) is 7.31. The summed E-state index contributed by atoms with van der Waals surface area (Å²) in [6.45, 7) is 5.60. The zero-order chi connectivity index (χ0) is 14.4. The second kappa shape index (κ2) is 7.65. The molecule has 0 aromatic heterocycles. The summed E-state index contributed by atoms with van der Waals surface area (Å²) in [4.78, 5) is 0. The van der Waals surface area contributed by atoms with E-state index in [9.17, 15) is 0 Å². The molecular formula is C17H27NO2. The zero-order valence-electron chi connectivity index (χ0n) is 12.7. The molecule has 1 atom stereocenters. The Morgan fingerprint density at radius 2 is 1.80 bits per heavy atom. The molecule has 2 N–H and O–H groups in total. The van der Waals surface area contributed by atoms with Crippen LogP contribution in [0.1, 0.15) is 51.1 Å². The fourth-order valence-electron chi connectivity index (χ4n) is 2.71. The minimum absolute atomic E-state index is 0.0509. The smallest absolute Gasteiger partial charge is 0.119 e. The molecule has 1 aliphatic carbocycles. The van der Waals surface area contributed by atoms with Gasteiger partial charge in [-0.2, -0.15) is 0 Å². The third-order valence-electron chi connectivity index (χ3n) is 4.09. The Bertz CT molecular complexity index is 382. The molecule has 1 saturated carbocycles. The van der Waals surface area contributed by atoms with E-state index in [1.165, 1.54) is 25.7 Å². The highest BCUT2D eigenvalue weighted by atomic mass is 16.5. The minimum Gasteiger partial charge on any atom is -0.494 e. The summed E-state index contributed by atoms with van der Waals surface area (Å²) in [5.74, 6) is 1.75. The van der Waals surface area contributed by atoms with Gasteiger partial charge in [-0.3, -0.25) is 0 Å². The Hall–Kier alpha value is -1.06. The zero-order valence-corrected chi connectivity index (χ0v) is 12.7. The predicted molar refractivity (Wildman–Crippen MR) is 81.9 cm³/mol. The lowest BCUT2D eigenvalue weighted by atomic mass is 9.89. The molecule has 1 aromatic rings. The van der Waals surface area contributed by atoms with Crippen LogP contribution in [0.5, 0.6) is 5.75 Å². The monoisotopic (exact) mass is 277 g/mol. The van der Waals surface area contributed by atoms with Crippen molar-refractivity contribution < 1.29 is 9.47 Å². The lowest BCUT2D eigenvalue weighted by Crippen LogP contribution is -2.25. The van der Waals surface area contributed by atoms with Crippen molar-refractivity contribution >= 4 is 0 Å². The van der Waals surface area contributed by atoms with Crippen LogP contribution in [0.15, 0.2) is 24.3 Å². The minimum atomic E-state index is -0.0509. The molecule has 3 nitrogen and oxygen atoms in total. The molecule has 0 amide bonds. The van der Waals surface area contributed by atoms with Crippen molar-refractivity contribution in [2.45, 2.75) is 51.7 Å². The average molecular weight is 277 g/mol. The van der Waals surface area contributed by atoms with Gasteiger partial charge in [0.15, 0.2) is 0 Å². The van der Waals surface area contributed by atoms with Crippen molar-refractivity contribution in [2.75, 3.05) is 13.2 Å². The largest absolute Gasteiger partial charge is 0.494 e. The van der Waals surface area contributed by atoms with Gasteiger partial charge in [0.2, 0.25) is 0 Å². The number of benzene rings is 1. The Balaban J connectivity index is 1.77. The van der Waals surface area contributed by atoms with Crippen LogP contribution in [-0.2, 0) is 4.74 Å². The molecule has 0 heterocycles. The van der Waals surface area contributed by atoms with Crippen LogP contribution in [0, 0.1) is 5.92 Å². The molecule has 0 aliphatic heterocycles. The summed E-state index contributed by atoms with van der Waals surface area (Å²) in [5, 5.41) is 0. The van der Waals surface area contributed by atoms with E-state index >= 15 is 0 Å². The first-order valence-electron chi connectivity index (χ1n) is 7.79. The third kappa shape index (κ3) is 4.50. The van der Waals surface area contributed by atoms with Gasteiger partial charge in [0.25, 0.3) is 0 Å². The molecule has 0 bridgehead atoms. The molecule has 1 unspecified atom stereocenters. The molecule has 1 fully saturated rings. The molecule has 112 valence electrons. The van der Waals surface area contributed by atoms with Crippen molar-refractivity contribution in [1.29, 1.82) is 0 Å². The summed E-state index contributed by atoms with van der Waals surface area (Å²) in [6.07, 6.45) is 5.32. The van der Waals surface area contributed by atoms with Gasteiger partial charge < -0.3 is 15.2 Å². The first-order valence-corrected chi connectivity index (χ1v) is 7.79. The van der Waals surface area contributed by atoms with Gasteiger partial charge in [-0.1, -0.05) is 19.1 Å². The van der Waals surface area contributed by atoms with Gasteiger partial charge in [-0.15, -0.1) is 0 Å². The standard InChI is InChI=1S/C17H27NO2/c1-3-19-15-10-6-14(7-11-15)17(18)12-20-16-8-4-13(2)5-9-16/h6-7,10-11,13,16-17H,3-5,8-9,12,18H2,1-2H3. The van der Waals surface area contributed by atoms with Gasteiger partial charge in [-0.05, 0) is 56.2 Å². The van der Waals surface area contributed by atoms with E-state index in [1.54, 1.807) is 0 Å². The van der Waals surface area contributed by atoms with E-state index in [-0.39, 0.29) is 6.04 Å². The molecule has 3 heteroatoms. The Kier molecular flexibility index (Phi) is 5.86. The van der Waals surface area contributed by atoms with Crippen molar-refractivity contribution in [3.05, 3.63) is 29.8 Å². The molecule has 1 aliphatic rings. The van der Waals surface area contributed by atoms with E-state index in [2.05, 4.69) is 6.92 Å². The van der Waals surface area contributed by atoms with Gasteiger partial charge >= 0.3 is 0 Å². The van der Waals surface area contributed by atoms with Crippen LogP contribution in [-0.4, -0.2) is 19.3 Å². The highest BCUT2D eigenvalue weighted by Gasteiger charge is 2.19. The molecule has 0 spiro atoms. The summed E-state index contributed by atoms with van der Waals surface area (Å²) in [6, 6.07) is 7.95. The van der Waals surface area contributed by atoms with Crippen LogP contribution >= 0.6 is 0 Å². The molecular weight excluding hydrogens is 250 g/mol. The normalized spacial score (nSPS) is 24.4. The number of hydrogen-bond donors (Lipinski definition) is 1. The van der Waals surface area contributed by atoms with Crippen LogP contribution in [0.2, 0.25) is 0 Å². The number of hydrogen-bond acceptors (Lipinski definition) is 3. The van der Waals surface area contributed by atoms with Crippen molar-refractivity contribution in [2.24, 2.45) is 11.7 Å². The van der Waals surface area contributed by atoms with E-state index in [4.69, 9.17) is 15.2 Å². The van der Waals surface area contributed by atoms with E-state index < -0.39 is 0 Å². The molecule has 0 radical (unpaired) electrons. The topological polar surface area (TPSA) is 44.5 Å². The van der Waals surface area contributed by atoms with Crippen LogP contribution in [0.25, 0.3) is 0 Å². The van der Waals surface area contributed by atoms with Gasteiger partial charge in [0, 0.05) is 0 Å². The van der Waals surface area contributed by atoms with Gasteiger partial charge in [-0.25, -0.2) is 0 Å². The predicted octanol–water partition coefficient (Wildman–Crippen LogP) is 3.68. The van der Waals surface area contributed by atoms with Gasteiger partial charge in [0.05, 0.1) is 25.4 Å². The maximum Gasteiger partial charge on any atom is 0.119 e. The Labute approximate surface area is 122 Å². The highest BCUT2D eigenvalue weighted by Crippen LogP contribution is 2.26. The lowest BCUT2D eigenvalue weighted by Gasteiger charge is -2.27. The van der Waals surface area contributed by atoms with Crippen molar-refractivity contribution in [3.8, 4) is 5.75 Å². The fraction of sp³-hybridized carbons (Fsp3) is 0.647. The SMILES string of the molecule is CCOc1ccc(C(N)COC2CCC(C)CC2)cc1. The maximum absolute atomic E-state index is 6.20. The number of rotatable bonds is 6. The van der Waals surface area contributed by atoms with Crippen LogP contribution in [0.4, 0.5) is 0 Å². The van der Waals surface area contributed by atoms with Crippen LogP contribution < -0.4 is 10.5 Å². The maximum atomic E-state index is 6.20. The van der Waals surface area contributed by atoms with E-state index in [0.717, 1.165) is 17.2 Å². The first-order chi connectivity index (χ1) is 9.69. The highest BCUT2D eigenvalue weighted by molar-refractivity contribution is 5.29. The summed E-state index contributed by atoms with van der Waals surface area (Å²) in [7, 11) is 0. The third-order valence-corrected chi connectivity index (χ3v) is 4.09. The number of ether oxygens (including phenoxy) is 2. The number of nitrogens with two attached hydrogens (primary N) is 1. The molecule has 0 saturated heterocycles. The molecule has 20 heavy (non-hydrogen) atoms. The molecule has 1 aromatic carbocycles. The Morgan fingerprint density at radius 1 is 1.15 bits per heavy atom. The van der Waals surface area contributed by atoms with Crippen molar-refractivity contribution in [3.63, 3.8) is 0 Å². The fourth-order valence-corrected chi connectivity index (χ4v) is 2.71. The second-order valence-electron chi connectivity index (χ2n) is 5.82. The van der Waals surface area contributed by atoms with Crippen LogP contribution in [0.3, 0.4) is 0 Å². The molecule has 2 rings (SSSR count). The quantitative estimate of drug-likeness (QED) is 0.862. The Morgan fingerprint density at radius 3 is 2.40 bits per heavy atom. The van der Waals surface area contributed by atoms with E-state index in [1.807, 2.05) is 31.2 Å². The first kappa shape index (κ1) is 15.3. The lowest BCUT2D eigenvalue weighted by molar-refractivity contribution is 0.0126. The average Bonchev–Trinajstić information content (AvgIpc) is 2.47.